The zero-order chi connectivity index (χ0) is 20.5. The summed E-state index contributed by atoms with van der Waals surface area (Å²) in [5.74, 6) is 1.45. The van der Waals surface area contributed by atoms with E-state index in [9.17, 15) is 4.79 Å². The van der Waals surface area contributed by atoms with E-state index in [1.807, 2.05) is 30.3 Å². The van der Waals surface area contributed by atoms with Crippen LogP contribution in [0.4, 0.5) is 0 Å². The molecule has 0 unspecified atom stereocenters. The van der Waals surface area contributed by atoms with E-state index < -0.39 is 0 Å². The zero-order valence-corrected chi connectivity index (χ0v) is 18.3. The molecular formula is C22H22N4O2S2. The van der Waals surface area contributed by atoms with Crippen molar-refractivity contribution in [2.45, 2.75) is 37.8 Å². The van der Waals surface area contributed by atoms with Crippen LogP contribution in [0.25, 0.3) is 10.8 Å². The molecule has 154 valence electrons. The van der Waals surface area contributed by atoms with Gasteiger partial charge >= 0.3 is 0 Å². The van der Waals surface area contributed by atoms with Gasteiger partial charge in [0.2, 0.25) is 0 Å². The number of aryl methyl sites for hydroxylation is 1. The SMILES string of the molecule is C[C@H]1CCc2sc(-c3nnc(SCC(=O)N4CCC(c5ccccc5)=N4)o3)cc2C1. The number of thioether (sulfide) groups is 1. The Labute approximate surface area is 183 Å². The van der Waals surface area contributed by atoms with Crippen LogP contribution in [0.15, 0.2) is 51.1 Å². The summed E-state index contributed by atoms with van der Waals surface area (Å²) < 4.78 is 5.82. The monoisotopic (exact) mass is 438 g/mol. The van der Waals surface area contributed by atoms with Crippen molar-refractivity contribution >= 4 is 34.7 Å². The molecule has 0 saturated carbocycles. The lowest BCUT2D eigenvalue weighted by atomic mass is 9.90. The second kappa shape index (κ2) is 8.35. The molecule has 8 heteroatoms. The van der Waals surface area contributed by atoms with Crippen molar-refractivity contribution in [3.8, 4) is 10.8 Å². The van der Waals surface area contributed by atoms with Gasteiger partial charge in [0.15, 0.2) is 0 Å². The predicted octanol–water partition coefficient (Wildman–Crippen LogP) is 4.65. The molecule has 0 bridgehead atoms. The standard InChI is InChI=1S/C22H22N4O2S2/c1-14-7-8-18-16(11-14)12-19(30-18)21-23-24-22(28-21)29-13-20(27)26-10-9-17(25-26)15-5-3-2-4-6-15/h2-6,12,14H,7-11,13H2,1H3/t14-/m0/s1. The molecule has 0 saturated heterocycles. The number of nitrogens with zero attached hydrogens (tertiary/aromatic N) is 4. The quantitative estimate of drug-likeness (QED) is 0.542. The molecule has 1 aliphatic carbocycles. The average Bonchev–Trinajstić information content (AvgIpc) is 3.51. The molecule has 2 aliphatic rings. The summed E-state index contributed by atoms with van der Waals surface area (Å²) in [5.41, 5.74) is 3.43. The van der Waals surface area contributed by atoms with E-state index in [1.54, 1.807) is 16.3 Å². The van der Waals surface area contributed by atoms with Gasteiger partial charge in [-0.05, 0) is 42.4 Å². The number of carbonyl (C=O) groups excluding carboxylic acids is 1. The lowest BCUT2D eigenvalue weighted by Crippen LogP contribution is -2.25. The fourth-order valence-corrected chi connectivity index (χ4v) is 5.61. The number of hydrogen-bond donors (Lipinski definition) is 0. The summed E-state index contributed by atoms with van der Waals surface area (Å²) in [7, 11) is 0. The van der Waals surface area contributed by atoms with Crippen LogP contribution in [0, 0.1) is 5.92 Å². The average molecular weight is 439 g/mol. The first-order valence-electron chi connectivity index (χ1n) is 10.2. The first kappa shape index (κ1) is 19.5. The Bertz CT molecular complexity index is 1090. The molecule has 0 radical (unpaired) electrons. The highest BCUT2D eigenvalue weighted by molar-refractivity contribution is 7.99. The molecule has 1 amide bonds. The summed E-state index contributed by atoms with van der Waals surface area (Å²) >= 11 is 3.02. The van der Waals surface area contributed by atoms with Crippen molar-refractivity contribution in [2.75, 3.05) is 12.3 Å². The van der Waals surface area contributed by atoms with Crippen molar-refractivity contribution in [1.29, 1.82) is 0 Å². The van der Waals surface area contributed by atoms with Crippen LogP contribution in [0.2, 0.25) is 0 Å². The van der Waals surface area contributed by atoms with E-state index in [0.29, 0.717) is 17.7 Å². The highest BCUT2D eigenvalue weighted by Crippen LogP contribution is 2.37. The minimum atomic E-state index is -0.0498. The van der Waals surface area contributed by atoms with Crippen LogP contribution in [-0.2, 0) is 17.6 Å². The highest BCUT2D eigenvalue weighted by Gasteiger charge is 2.23. The van der Waals surface area contributed by atoms with Crippen LogP contribution in [0.3, 0.4) is 0 Å². The zero-order valence-electron chi connectivity index (χ0n) is 16.7. The maximum atomic E-state index is 12.5. The molecule has 6 nitrogen and oxygen atoms in total. The Morgan fingerprint density at radius 2 is 2.13 bits per heavy atom. The van der Waals surface area contributed by atoms with Crippen LogP contribution >= 0.6 is 23.1 Å². The van der Waals surface area contributed by atoms with Crippen LogP contribution in [0.5, 0.6) is 0 Å². The van der Waals surface area contributed by atoms with Gasteiger partial charge in [0, 0.05) is 11.3 Å². The molecule has 3 aromatic rings. The Kier molecular flexibility index (Phi) is 5.43. The molecule has 1 atom stereocenters. The first-order valence-corrected chi connectivity index (χ1v) is 12.0. The normalized spacial score (nSPS) is 18.4. The lowest BCUT2D eigenvalue weighted by molar-refractivity contribution is -0.127. The van der Waals surface area contributed by atoms with Gasteiger partial charge in [-0.25, -0.2) is 5.01 Å². The van der Waals surface area contributed by atoms with Gasteiger partial charge in [-0.2, -0.15) is 5.10 Å². The molecule has 0 N–H and O–H groups in total. The molecule has 1 aliphatic heterocycles. The Balaban J connectivity index is 1.20. The number of hydrogen-bond acceptors (Lipinski definition) is 7. The number of aromatic nitrogens is 2. The fraction of sp³-hybridized carbons (Fsp3) is 0.364. The maximum Gasteiger partial charge on any atom is 0.277 e. The summed E-state index contributed by atoms with van der Waals surface area (Å²) in [6, 6.07) is 12.2. The van der Waals surface area contributed by atoms with Gasteiger partial charge in [-0.1, -0.05) is 49.0 Å². The van der Waals surface area contributed by atoms with Crippen LogP contribution in [-0.4, -0.2) is 39.1 Å². The summed E-state index contributed by atoms with van der Waals surface area (Å²) in [6.07, 6.45) is 4.27. The van der Waals surface area contributed by atoms with Gasteiger partial charge in [-0.3, -0.25) is 4.79 Å². The molecular weight excluding hydrogens is 416 g/mol. The van der Waals surface area contributed by atoms with E-state index in [-0.39, 0.29) is 11.7 Å². The molecule has 0 fully saturated rings. The number of fused-ring (bicyclic) bond motifs is 1. The van der Waals surface area contributed by atoms with E-state index in [2.05, 4.69) is 28.3 Å². The van der Waals surface area contributed by atoms with E-state index >= 15 is 0 Å². The van der Waals surface area contributed by atoms with Gasteiger partial charge in [-0.15, -0.1) is 21.5 Å². The number of benzene rings is 1. The second-order valence-electron chi connectivity index (χ2n) is 7.75. The van der Waals surface area contributed by atoms with Gasteiger partial charge in [0.1, 0.15) is 0 Å². The number of rotatable bonds is 5. The van der Waals surface area contributed by atoms with Gasteiger partial charge in [0.25, 0.3) is 17.0 Å². The summed E-state index contributed by atoms with van der Waals surface area (Å²) in [5, 5.41) is 14.8. The topological polar surface area (TPSA) is 71.6 Å². The second-order valence-corrected chi connectivity index (χ2v) is 9.81. The Morgan fingerprint density at radius 3 is 3.00 bits per heavy atom. The van der Waals surface area contributed by atoms with Crippen molar-refractivity contribution in [1.82, 2.24) is 15.2 Å². The number of thiophene rings is 1. The fourth-order valence-electron chi connectivity index (χ4n) is 3.85. The Hall–Kier alpha value is -2.45. The number of carbonyl (C=O) groups is 1. The number of hydrazone groups is 1. The molecule has 30 heavy (non-hydrogen) atoms. The lowest BCUT2D eigenvalue weighted by Gasteiger charge is -2.16. The van der Waals surface area contributed by atoms with Gasteiger partial charge in [0.05, 0.1) is 22.9 Å². The molecule has 0 spiro atoms. The van der Waals surface area contributed by atoms with Crippen molar-refractivity contribution in [3.63, 3.8) is 0 Å². The molecule has 1 aromatic carbocycles. The predicted molar refractivity (Wildman–Crippen MR) is 119 cm³/mol. The largest absolute Gasteiger partial charge is 0.410 e. The summed E-state index contributed by atoms with van der Waals surface area (Å²) in [4.78, 5) is 15.0. The van der Waals surface area contributed by atoms with Crippen molar-refractivity contribution < 1.29 is 9.21 Å². The maximum absolute atomic E-state index is 12.5. The van der Waals surface area contributed by atoms with E-state index in [4.69, 9.17) is 4.42 Å². The van der Waals surface area contributed by atoms with E-state index in [0.717, 1.165) is 41.3 Å². The van der Waals surface area contributed by atoms with E-state index in [1.165, 1.54) is 28.6 Å². The third-order valence-corrected chi connectivity index (χ3v) is 7.49. The third kappa shape index (κ3) is 4.06. The number of amides is 1. The molecule has 5 rings (SSSR count). The van der Waals surface area contributed by atoms with Crippen LogP contribution in [0.1, 0.15) is 35.8 Å². The molecule has 3 heterocycles. The van der Waals surface area contributed by atoms with Gasteiger partial charge < -0.3 is 4.42 Å². The molecule has 2 aromatic heterocycles. The van der Waals surface area contributed by atoms with Crippen molar-refractivity contribution in [2.24, 2.45) is 11.0 Å². The third-order valence-electron chi connectivity index (χ3n) is 5.46. The highest BCUT2D eigenvalue weighted by atomic mass is 32.2. The minimum Gasteiger partial charge on any atom is -0.410 e. The minimum absolute atomic E-state index is 0.0498. The van der Waals surface area contributed by atoms with Crippen LogP contribution < -0.4 is 0 Å². The summed E-state index contributed by atoms with van der Waals surface area (Å²) in [6.45, 7) is 2.91. The Morgan fingerprint density at radius 1 is 1.27 bits per heavy atom. The smallest absolute Gasteiger partial charge is 0.277 e. The van der Waals surface area contributed by atoms with Crippen molar-refractivity contribution in [3.05, 3.63) is 52.4 Å². The first-order chi connectivity index (χ1) is 14.7.